The average Bonchev–Trinajstić information content (AvgIpc) is 2.07. The van der Waals surface area contributed by atoms with Crippen LogP contribution in [0, 0.1) is 12.3 Å². The van der Waals surface area contributed by atoms with Gasteiger partial charge < -0.3 is 5.11 Å². The highest BCUT2D eigenvalue weighted by Gasteiger charge is 2.24. The molecule has 0 aliphatic heterocycles. The lowest BCUT2D eigenvalue weighted by Crippen LogP contribution is -2.43. The quantitative estimate of drug-likeness (QED) is 0.651. The molecule has 3 heteroatoms. The molecule has 74 valence electrons. The number of carbonyl (C=O) groups is 1. The molecule has 0 saturated carbocycles. The van der Waals surface area contributed by atoms with E-state index >= 15 is 0 Å². The maximum absolute atomic E-state index is 10.8. The van der Waals surface area contributed by atoms with E-state index in [4.69, 9.17) is 11.5 Å². The standard InChI is InChI=1S/C10H17NO2/c1-5-8(6-2)11(4)9(7-3)10(12)13/h1,8-9H,6-7H2,2-4H3,(H,12,13). The fourth-order valence-corrected chi connectivity index (χ4v) is 1.38. The number of hydrogen-bond donors (Lipinski definition) is 1. The largest absolute Gasteiger partial charge is 0.480 e. The molecule has 0 aromatic rings. The van der Waals surface area contributed by atoms with Gasteiger partial charge in [0.05, 0.1) is 6.04 Å². The third-order valence-electron chi connectivity index (χ3n) is 2.23. The minimum absolute atomic E-state index is 0.0824. The second-order valence-electron chi connectivity index (χ2n) is 3.02. The fourth-order valence-electron chi connectivity index (χ4n) is 1.38. The van der Waals surface area contributed by atoms with Crippen molar-refractivity contribution in [3.8, 4) is 12.3 Å². The van der Waals surface area contributed by atoms with Crippen LogP contribution >= 0.6 is 0 Å². The van der Waals surface area contributed by atoms with Crippen LogP contribution in [0.2, 0.25) is 0 Å². The van der Waals surface area contributed by atoms with Gasteiger partial charge in [0.2, 0.25) is 0 Å². The molecular weight excluding hydrogens is 166 g/mol. The molecule has 0 aromatic carbocycles. The van der Waals surface area contributed by atoms with Gasteiger partial charge in [-0.05, 0) is 19.9 Å². The van der Waals surface area contributed by atoms with Crippen molar-refractivity contribution in [2.24, 2.45) is 0 Å². The van der Waals surface area contributed by atoms with E-state index in [0.29, 0.717) is 6.42 Å². The summed E-state index contributed by atoms with van der Waals surface area (Å²) in [7, 11) is 1.76. The molecule has 0 bridgehead atoms. The van der Waals surface area contributed by atoms with Crippen molar-refractivity contribution in [2.45, 2.75) is 38.8 Å². The Morgan fingerprint density at radius 1 is 1.54 bits per heavy atom. The van der Waals surface area contributed by atoms with Gasteiger partial charge in [0.25, 0.3) is 0 Å². The van der Waals surface area contributed by atoms with Crippen molar-refractivity contribution in [1.82, 2.24) is 4.90 Å². The molecule has 0 radical (unpaired) electrons. The molecule has 0 spiro atoms. The van der Waals surface area contributed by atoms with Gasteiger partial charge in [-0.2, -0.15) is 0 Å². The number of likely N-dealkylation sites (N-methyl/N-ethyl adjacent to an activating group) is 1. The van der Waals surface area contributed by atoms with Crippen molar-refractivity contribution in [3.63, 3.8) is 0 Å². The number of carboxylic acid groups (broad SMARTS) is 1. The zero-order valence-corrected chi connectivity index (χ0v) is 8.45. The van der Waals surface area contributed by atoms with E-state index in [1.165, 1.54) is 0 Å². The van der Waals surface area contributed by atoms with E-state index in [-0.39, 0.29) is 6.04 Å². The fraction of sp³-hybridized carbons (Fsp3) is 0.700. The summed E-state index contributed by atoms with van der Waals surface area (Å²) in [5.41, 5.74) is 0. The molecule has 1 N–H and O–H groups in total. The number of carboxylic acids is 1. The molecule has 13 heavy (non-hydrogen) atoms. The lowest BCUT2D eigenvalue weighted by atomic mass is 10.1. The van der Waals surface area contributed by atoms with Gasteiger partial charge in [-0.15, -0.1) is 6.42 Å². The SMILES string of the molecule is C#CC(CC)N(C)C(CC)C(=O)O. The van der Waals surface area contributed by atoms with E-state index in [2.05, 4.69) is 5.92 Å². The Balaban J connectivity index is 4.45. The molecule has 0 fully saturated rings. The summed E-state index contributed by atoms with van der Waals surface area (Å²) in [6, 6.07) is -0.554. The first-order valence-corrected chi connectivity index (χ1v) is 4.49. The summed E-state index contributed by atoms with van der Waals surface area (Å²) in [6.45, 7) is 3.80. The molecule has 2 unspecified atom stereocenters. The maximum Gasteiger partial charge on any atom is 0.320 e. The summed E-state index contributed by atoms with van der Waals surface area (Å²) >= 11 is 0. The number of hydrogen-bond acceptors (Lipinski definition) is 2. The topological polar surface area (TPSA) is 40.5 Å². The summed E-state index contributed by atoms with van der Waals surface area (Å²) in [6.07, 6.45) is 6.64. The second kappa shape index (κ2) is 5.60. The normalized spacial score (nSPS) is 15.0. The Kier molecular flexibility index (Phi) is 5.17. The molecule has 0 rings (SSSR count). The van der Waals surface area contributed by atoms with Gasteiger partial charge in [-0.3, -0.25) is 9.69 Å². The van der Waals surface area contributed by atoms with E-state index in [1.807, 2.05) is 13.8 Å². The van der Waals surface area contributed by atoms with Crippen LogP contribution in [0.5, 0.6) is 0 Å². The van der Waals surface area contributed by atoms with Gasteiger partial charge in [0, 0.05) is 0 Å². The molecule has 2 atom stereocenters. The Morgan fingerprint density at radius 3 is 2.31 bits per heavy atom. The number of rotatable bonds is 5. The highest BCUT2D eigenvalue weighted by atomic mass is 16.4. The van der Waals surface area contributed by atoms with Gasteiger partial charge in [-0.25, -0.2) is 0 Å². The lowest BCUT2D eigenvalue weighted by Gasteiger charge is -2.28. The van der Waals surface area contributed by atoms with Crippen molar-refractivity contribution in [2.75, 3.05) is 7.05 Å². The second-order valence-corrected chi connectivity index (χ2v) is 3.02. The molecule has 0 aliphatic rings. The van der Waals surface area contributed by atoms with Crippen molar-refractivity contribution >= 4 is 5.97 Å². The van der Waals surface area contributed by atoms with Crippen LogP contribution < -0.4 is 0 Å². The van der Waals surface area contributed by atoms with Crippen LogP contribution in [-0.4, -0.2) is 35.1 Å². The third kappa shape index (κ3) is 3.08. The van der Waals surface area contributed by atoms with Crippen LogP contribution in [0.4, 0.5) is 0 Å². The predicted octanol–water partition coefficient (Wildman–Crippen LogP) is 1.19. The lowest BCUT2D eigenvalue weighted by molar-refractivity contribution is -0.143. The monoisotopic (exact) mass is 183 g/mol. The van der Waals surface area contributed by atoms with E-state index in [9.17, 15) is 4.79 Å². The van der Waals surface area contributed by atoms with E-state index in [0.717, 1.165) is 6.42 Å². The highest BCUT2D eigenvalue weighted by molar-refractivity contribution is 5.73. The first kappa shape index (κ1) is 12.0. The molecule has 0 heterocycles. The molecule has 0 amide bonds. The van der Waals surface area contributed by atoms with Gasteiger partial charge >= 0.3 is 5.97 Å². The van der Waals surface area contributed by atoms with Crippen LogP contribution in [-0.2, 0) is 4.79 Å². The van der Waals surface area contributed by atoms with E-state index in [1.54, 1.807) is 11.9 Å². The molecule has 3 nitrogen and oxygen atoms in total. The minimum Gasteiger partial charge on any atom is -0.480 e. The Bertz CT molecular complexity index is 207. The van der Waals surface area contributed by atoms with Crippen molar-refractivity contribution in [1.29, 1.82) is 0 Å². The van der Waals surface area contributed by atoms with Crippen LogP contribution in [0.3, 0.4) is 0 Å². The minimum atomic E-state index is -0.807. The average molecular weight is 183 g/mol. The number of terminal acetylenes is 1. The molecule has 0 saturated heterocycles. The van der Waals surface area contributed by atoms with Gasteiger partial charge in [0.15, 0.2) is 0 Å². The smallest absolute Gasteiger partial charge is 0.320 e. The summed E-state index contributed by atoms with van der Waals surface area (Å²) in [4.78, 5) is 12.5. The van der Waals surface area contributed by atoms with Crippen LogP contribution in [0.25, 0.3) is 0 Å². The van der Waals surface area contributed by atoms with Crippen LogP contribution in [0.1, 0.15) is 26.7 Å². The van der Waals surface area contributed by atoms with Gasteiger partial charge in [0.1, 0.15) is 6.04 Å². The first-order valence-electron chi connectivity index (χ1n) is 4.49. The van der Waals surface area contributed by atoms with Crippen LogP contribution in [0.15, 0.2) is 0 Å². The Labute approximate surface area is 79.7 Å². The Hall–Kier alpha value is -1.01. The summed E-state index contributed by atoms with van der Waals surface area (Å²) < 4.78 is 0. The summed E-state index contributed by atoms with van der Waals surface area (Å²) in [5.74, 6) is 1.78. The molecule has 0 aliphatic carbocycles. The number of nitrogens with zero attached hydrogens (tertiary/aromatic N) is 1. The first-order chi connectivity index (χ1) is 6.08. The third-order valence-corrected chi connectivity index (χ3v) is 2.23. The Morgan fingerprint density at radius 2 is 2.08 bits per heavy atom. The van der Waals surface area contributed by atoms with Crippen molar-refractivity contribution in [3.05, 3.63) is 0 Å². The molecule has 0 aromatic heterocycles. The van der Waals surface area contributed by atoms with E-state index < -0.39 is 12.0 Å². The zero-order chi connectivity index (χ0) is 10.4. The van der Waals surface area contributed by atoms with Crippen molar-refractivity contribution < 1.29 is 9.90 Å². The molecular formula is C10H17NO2. The number of aliphatic carboxylic acids is 1. The predicted molar refractivity (Wildman–Crippen MR) is 52.4 cm³/mol. The maximum atomic E-state index is 10.8. The van der Waals surface area contributed by atoms with Gasteiger partial charge in [-0.1, -0.05) is 19.8 Å². The summed E-state index contributed by atoms with van der Waals surface area (Å²) in [5, 5.41) is 8.87. The highest BCUT2D eigenvalue weighted by Crippen LogP contribution is 2.08. The zero-order valence-electron chi connectivity index (χ0n) is 8.45.